The van der Waals surface area contributed by atoms with E-state index in [2.05, 4.69) is 32.7 Å². The van der Waals surface area contributed by atoms with Crippen LogP contribution in [0.15, 0.2) is 85.2 Å². The van der Waals surface area contributed by atoms with E-state index in [4.69, 9.17) is 20.7 Å². The molecule has 0 aliphatic heterocycles. The van der Waals surface area contributed by atoms with Crippen molar-refractivity contribution >= 4 is 33.6 Å². The molecule has 2 amide bonds. The number of amides is 2. The van der Waals surface area contributed by atoms with Crippen LogP contribution in [0, 0.1) is 0 Å². The van der Waals surface area contributed by atoms with Crippen molar-refractivity contribution in [3.63, 3.8) is 0 Å². The molecule has 2 unspecified atom stereocenters. The number of methoxy groups -OCH3 is 1. The first kappa shape index (κ1) is 31.6. The second kappa shape index (κ2) is 13.1. The lowest BCUT2D eigenvalue weighted by atomic mass is 10.0. The van der Waals surface area contributed by atoms with Crippen LogP contribution in [-0.4, -0.2) is 49.2 Å². The summed E-state index contributed by atoms with van der Waals surface area (Å²) in [4.78, 5) is 32.7. The number of nitrogens with zero attached hydrogens (tertiary/aromatic N) is 3. The minimum absolute atomic E-state index is 0.191. The number of carbonyl (C=O) groups excluding carboxylic acids is 2. The molecule has 11 heteroatoms. The van der Waals surface area contributed by atoms with Gasteiger partial charge in [-0.3, -0.25) is 9.59 Å². The number of nitrogens with one attached hydrogen (secondary N) is 4. The molecule has 0 radical (unpaired) electrons. The van der Waals surface area contributed by atoms with Gasteiger partial charge in [-0.15, -0.1) is 10.2 Å². The molecule has 0 aliphatic carbocycles. The van der Waals surface area contributed by atoms with Gasteiger partial charge in [0.15, 0.2) is 11.6 Å². The fourth-order valence-corrected chi connectivity index (χ4v) is 5.96. The van der Waals surface area contributed by atoms with Crippen molar-refractivity contribution in [2.75, 3.05) is 7.11 Å². The van der Waals surface area contributed by atoms with Crippen molar-refractivity contribution in [1.82, 2.24) is 35.4 Å². The van der Waals surface area contributed by atoms with Gasteiger partial charge in [-0.1, -0.05) is 48.5 Å². The summed E-state index contributed by atoms with van der Waals surface area (Å²) in [5.74, 6) is 1.35. The number of ether oxygens (including phenoxy) is 1. The van der Waals surface area contributed by atoms with Crippen LogP contribution < -0.4 is 21.1 Å². The molecule has 3 aromatic carbocycles. The number of hydrogen-bond acceptors (Lipinski definition) is 6. The first-order valence-electron chi connectivity index (χ1n) is 15.6. The van der Waals surface area contributed by atoms with Gasteiger partial charge in [0, 0.05) is 54.0 Å². The highest BCUT2D eigenvalue weighted by Crippen LogP contribution is 2.29. The van der Waals surface area contributed by atoms with Gasteiger partial charge in [0.2, 0.25) is 11.8 Å². The molecule has 6 N–H and O–H groups in total. The summed E-state index contributed by atoms with van der Waals surface area (Å²) < 4.78 is 7.39. The Balaban J connectivity index is 1.47. The van der Waals surface area contributed by atoms with Gasteiger partial charge in [0.25, 0.3) is 0 Å². The Bertz CT molecular complexity index is 2020. The first-order valence-corrected chi connectivity index (χ1v) is 15.6. The molecule has 0 aliphatic rings. The molecule has 0 bridgehead atoms. The Morgan fingerprint density at radius 3 is 1.83 bits per heavy atom. The predicted octanol–water partition coefficient (Wildman–Crippen LogP) is 4.85. The van der Waals surface area contributed by atoms with E-state index < -0.39 is 17.6 Å². The SMILES string of the molecule is COc1ccc(Cn2c(C(Cc3c[nH]c4ccccc34)NC(C)=O)nnc2C(Cc2c[nH]c3ccccc23)NC(=O)C(C)(C)N)cc1. The molecule has 6 aromatic rings. The van der Waals surface area contributed by atoms with E-state index in [1.807, 2.05) is 77.6 Å². The largest absolute Gasteiger partial charge is 0.497 e. The zero-order chi connectivity index (χ0) is 33.1. The summed E-state index contributed by atoms with van der Waals surface area (Å²) in [7, 11) is 1.63. The van der Waals surface area contributed by atoms with Crippen LogP contribution in [0.3, 0.4) is 0 Å². The third-order valence-corrected chi connectivity index (χ3v) is 8.40. The van der Waals surface area contributed by atoms with E-state index in [-0.39, 0.29) is 11.8 Å². The van der Waals surface area contributed by atoms with Crippen LogP contribution in [0.4, 0.5) is 0 Å². The van der Waals surface area contributed by atoms with Gasteiger partial charge in [0.1, 0.15) is 5.75 Å². The molecule has 2 atom stereocenters. The van der Waals surface area contributed by atoms with Gasteiger partial charge < -0.3 is 35.6 Å². The van der Waals surface area contributed by atoms with Crippen LogP contribution in [-0.2, 0) is 29.0 Å². The highest BCUT2D eigenvalue weighted by atomic mass is 16.5. The van der Waals surface area contributed by atoms with E-state index in [0.717, 1.165) is 44.2 Å². The maximum atomic E-state index is 13.4. The van der Waals surface area contributed by atoms with Crippen molar-refractivity contribution in [3.8, 4) is 5.75 Å². The van der Waals surface area contributed by atoms with E-state index >= 15 is 0 Å². The number of aromatic nitrogens is 5. The van der Waals surface area contributed by atoms with Crippen molar-refractivity contribution in [1.29, 1.82) is 0 Å². The normalized spacial score (nSPS) is 13.0. The molecule has 0 saturated carbocycles. The molecule has 0 spiro atoms. The van der Waals surface area contributed by atoms with Crippen LogP contribution in [0.2, 0.25) is 0 Å². The second-order valence-electron chi connectivity index (χ2n) is 12.5. The smallest absolute Gasteiger partial charge is 0.240 e. The molecule has 242 valence electrons. The number of H-pyrrole nitrogens is 2. The number of hydrogen-bond donors (Lipinski definition) is 5. The number of nitrogens with two attached hydrogens (primary N) is 1. The Morgan fingerprint density at radius 1 is 0.830 bits per heavy atom. The Kier molecular flexibility index (Phi) is 8.82. The lowest BCUT2D eigenvalue weighted by Crippen LogP contribution is -2.50. The summed E-state index contributed by atoms with van der Waals surface area (Å²) in [6, 6.07) is 22.8. The molecular formula is C36H40N8O3. The van der Waals surface area contributed by atoms with Gasteiger partial charge in [0.05, 0.1) is 31.3 Å². The average molecular weight is 633 g/mol. The average Bonchev–Trinajstić information content (AvgIpc) is 3.77. The zero-order valence-corrected chi connectivity index (χ0v) is 27.0. The number of fused-ring (bicyclic) bond motifs is 2. The Morgan fingerprint density at radius 2 is 1.34 bits per heavy atom. The molecule has 6 rings (SSSR count). The quantitative estimate of drug-likeness (QED) is 0.130. The predicted molar refractivity (Wildman–Crippen MR) is 182 cm³/mol. The fourth-order valence-electron chi connectivity index (χ4n) is 5.96. The standard InChI is InChI=1S/C36H40N8O3/c1-22(45)40-31(17-24-19-38-29-11-7-5-9-27(24)29)33-42-43-34(44(33)21-23-13-15-26(47-4)16-14-23)32(41-35(46)36(2,3)37)18-25-20-39-30-12-8-6-10-28(25)30/h5-16,19-20,31-32,38-39H,17-18,21,37H2,1-4H3,(H,40,45)(H,41,46). The monoisotopic (exact) mass is 632 g/mol. The molecule has 0 saturated heterocycles. The van der Waals surface area contributed by atoms with Crippen molar-refractivity contribution in [2.45, 2.75) is 57.8 Å². The van der Waals surface area contributed by atoms with Crippen LogP contribution in [0.1, 0.15) is 61.2 Å². The minimum atomic E-state index is -1.13. The van der Waals surface area contributed by atoms with Gasteiger partial charge in [-0.25, -0.2) is 0 Å². The van der Waals surface area contributed by atoms with Gasteiger partial charge >= 0.3 is 0 Å². The second-order valence-corrected chi connectivity index (χ2v) is 12.5. The zero-order valence-electron chi connectivity index (χ0n) is 27.0. The number of para-hydroxylation sites is 2. The summed E-state index contributed by atoms with van der Waals surface area (Å²) in [6.45, 7) is 5.23. The van der Waals surface area contributed by atoms with Crippen LogP contribution in [0.25, 0.3) is 21.8 Å². The topological polar surface area (TPSA) is 156 Å². The molecule has 3 heterocycles. The highest BCUT2D eigenvalue weighted by molar-refractivity contribution is 5.86. The van der Waals surface area contributed by atoms with E-state index in [1.54, 1.807) is 21.0 Å². The van der Waals surface area contributed by atoms with E-state index in [0.29, 0.717) is 31.0 Å². The maximum absolute atomic E-state index is 13.4. The van der Waals surface area contributed by atoms with Crippen molar-refractivity contribution in [3.05, 3.63) is 114 Å². The van der Waals surface area contributed by atoms with E-state index in [9.17, 15) is 9.59 Å². The lowest BCUT2D eigenvalue weighted by Gasteiger charge is -2.25. The van der Waals surface area contributed by atoms with Gasteiger partial charge in [-0.05, 0) is 54.8 Å². The van der Waals surface area contributed by atoms with Crippen LogP contribution in [0.5, 0.6) is 5.75 Å². The van der Waals surface area contributed by atoms with Gasteiger partial charge in [-0.2, -0.15) is 0 Å². The molecule has 0 fully saturated rings. The fraction of sp³-hybridized carbons (Fsp3) is 0.278. The molecule has 11 nitrogen and oxygen atoms in total. The summed E-state index contributed by atoms with van der Waals surface area (Å²) in [5.41, 5.74) is 10.2. The lowest BCUT2D eigenvalue weighted by molar-refractivity contribution is -0.126. The Labute approximate surface area is 272 Å². The van der Waals surface area contributed by atoms with Crippen molar-refractivity contribution in [2.24, 2.45) is 5.73 Å². The number of carbonyl (C=O) groups is 2. The third kappa shape index (κ3) is 6.90. The Hall–Kier alpha value is -5.42. The number of rotatable bonds is 12. The van der Waals surface area contributed by atoms with E-state index in [1.165, 1.54) is 6.92 Å². The first-order chi connectivity index (χ1) is 22.6. The van der Waals surface area contributed by atoms with Crippen LogP contribution >= 0.6 is 0 Å². The molecule has 47 heavy (non-hydrogen) atoms. The third-order valence-electron chi connectivity index (χ3n) is 8.40. The summed E-state index contributed by atoms with van der Waals surface area (Å²) in [5, 5.41) is 17.9. The van der Waals surface area contributed by atoms with Crippen molar-refractivity contribution < 1.29 is 14.3 Å². The minimum Gasteiger partial charge on any atom is -0.497 e. The molecule has 3 aromatic heterocycles. The number of aromatic amines is 2. The summed E-state index contributed by atoms with van der Waals surface area (Å²) in [6.07, 6.45) is 4.83. The summed E-state index contributed by atoms with van der Waals surface area (Å²) >= 11 is 0. The maximum Gasteiger partial charge on any atom is 0.240 e. The number of benzene rings is 3. The highest BCUT2D eigenvalue weighted by Gasteiger charge is 2.32. The molecular weight excluding hydrogens is 592 g/mol.